The fourth-order valence-electron chi connectivity index (χ4n) is 3.14. The Morgan fingerprint density at radius 1 is 1.00 bits per heavy atom. The molecule has 0 saturated carbocycles. The summed E-state index contributed by atoms with van der Waals surface area (Å²) in [6.07, 6.45) is 4.36. The summed E-state index contributed by atoms with van der Waals surface area (Å²) >= 11 is 6.21. The summed E-state index contributed by atoms with van der Waals surface area (Å²) in [5, 5.41) is 15.0. The molecule has 2 heterocycles. The second kappa shape index (κ2) is 8.23. The van der Waals surface area contributed by atoms with Crippen molar-refractivity contribution in [1.82, 2.24) is 15.2 Å². The molecule has 0 aliphatic rings. The van der Waals surface area contributed by atoms with Crippen molar-refractivity contribution in [3.8, 4) is 17.0 Å². The van der Waals surface area contributed by atoms with E-state index in [1.165, 1.54) is 0 Å². The second-order valence-corrected chi connectivity index (χ2v) is 6.74. The number of benzene rings is 2. The quantitative estimate of drug-likeness (QED) is 0.501. The molecule has 28 heavy (non-hydrogen) atoms. The average Bonchev–Trinajstić information content (AvgIpc) is 2.74. The van der Waals surface area contributed by atoms with Gasteiger partial charge in [0, 0.05) is 35.3 Å². The third kappa shape index (κ3) is 3.75. The molecule has 0 spiro atoms. The number of nitrogens with one attached hydrogen (secondary N) is 1. The maximum Gasteiger partial charge on any atom is 0.156 e. The van der Waals surface area contributed by atoms with Crippen LogP contribution < -0.4 is 10.1 Å². The molecule has 0 unspecified atom stereocenters. The first kappa shape index (κ1) is 18.2. The van der Waals surface area contributed by atoms with Crippen molar-refractivity contribution in [3.05, 3.63) is 77.6 Å². The minimum Gasteiger partial charge on any atom is -0.495 e. The zero-order valence-electron chi connectivity index (χ0n) is 15.4. The highest BCUT2D eigenvalue weighted by atomic mass is 35.5. The lowest BCUT2D eigenvalue weighted by Gasteiger charge is -2.11. The summed E-state index contributed by atoms with van der Waals surface area (Å²) < 4.78 is 5.20. The Hall–Kier alpha value is -3.18. The Kier molecular flexibility index (Phi) is 5.35. The standard InChI is InChI=1S/C22H19ClN4O/c1-28-20-9-8-15(13-19(20)23)10-12-25-22-18-7-3-2-6-17(18)21(26-27-22)16-5-4-11-24-14-16/h2-9,11,13-14H,10,12H2,1H3,(H,25,27). The van der Waals surface area contributed by atoms with Gasteiger partial charge >= 0.3 is 0 Å². The van der Waals surface area contributed by atoms with Gasteiger partial charge in [0.25, 0.3) is 0 Å². The highest BCUT2D eigenvalue weighted by molar-refractivity contribution is 6.32. The van der Waals surface area contributed by atoms with E-state index in [4.69, 9.17) is 16.3 Å². The number of pyridine rings is 1. The van der Waals surface area contributed by atoms with Crippen LogP contribution in [0.2, 0.25) is 5.02 Å². The van der Waals surface area contributed by atoms with Crippen molar-refractivity contribution in [2.24, 2.45) is 0 Å². The predicted molar refractivity (Wildman–Crippen MR) is 113 cm³/mol. The molecule has 4 aromatic rings. The Balaban J connectivity index is 1.56. The number of hydrogen-bond donors (Lipinski definition) is 1. The van der Waals surface area contributed by atoms with Gasteiger partial charge in [-0.2, -0.15) is 0 Å². The number of anilines is 1. The third-order valence-electron chi connectivity index (χ3n) is 4.54. The number of ether oxygens (including phenoxy) is 1. The van der Waals surface area contributed by atoms with Gasteiger partial charge in [-0.05, 0) is 36.2 Å². The second-order valence-electron chi connectivity index (χ2n) is 6.33. The van der Waals surface area contributed by atoms with Crippen molar-refractivity contribution >= 4 is 28.2 Å². The van der Waals surface area contributed by atoms with Crippen LogP contribution in [0.5, 0.6) is 5.75 Å². The lowest BCUT2D eigenvalue weighted by atomic mass is 10.1. The smallest absolute Gasteiger partial charge is 0.156 e. The highest BCUT2D eigenvalue weighted by Crippen LogP contribution is 2.29. The Morgan fingerprint density at radius 3 is 2.61 bits per heavy atom. The highest BCUT2D eigenvalue weighted by Gasteiger charge is 2.11. The lowest BCUT2D eigenvalue weighted by molar-refractivity contribution is 0.415. The molecule has 2 aromatic heterocycles. The predicted octanol–water partition coefficient (Wildman–Crippen LogP) is 5.01. The van der Waals surface area contributed by atoms with E-state index in [0.717, 1.165) is 39.8 Å². The van der Waals surface area contributed by atoms with E-state index < -0.39 is 0 Å². The number of nitrogens with zero attached hydrogens (tertiary/aromatic N) is 3. The van der Waals surface area contributed by atoms with Crippen molar-refractivity contribution in [2.45, 2.75) is 6.42 Å². The minimum atomic E-state index is 0.617. The molecule has 6 heteroatoms. The van der Waals surface area contributed by atoms with Gasteiger partial charge < -0.3 is 10.1 Å². The summed E-state index contributed by atoms with van der Waals surface area (Å²) in [4.78, 5) is 4.19. The fourth-order valence-corrected chi connectivity index (χ4v) is 3.42. The van der Waals surface area contributed by atoms with Crippen molar-refractivity contribution in [2.75, 3.05) is 19.0 Å². The number of hydrogen-bond acceptors (Lipinski definition) is 5. The molecule has 5 nitrogen and oxygen atoms in total. The van der Waals surface area contributed by atoms with Crippen LogP contribution in [0.1, 0.15) is 5.56 Å². The van der Waals surface area contributed by atoms with Crippen LogP contribution in [0.3, 0.4) is 0 Å². The molecule has 0 atom stereocenters. The van der Waals surface area contributed by atoms with Crippen LogP contribution in [-0.2, 0) is 6.42 Å². The van der Waals surface area contributed by atoms with E-state index in [1.807, 2.05) is 42.5 Å². The molecule has 1 N–H and O–H groups in total. The Morgan fingerprint density at radius 2 is 1.86 bits per heavy atom. The maximum atomic E-state index is 6.21. The summed E-state index contributed by atoms with van der Waals surface area (Å²) in [7, 11) is 1.61. The van der Waals surface area contributed by atoms with E-state index in [-0.39, 0.29) is 0 Å². The number of fused-ring (bicyclic) bond motifs is 1. The number of rotatable bonds is 6. The molecule has 140 valence electrons. The van der Waals surface area contributed by atoms with E-state index in [2.05, 4.69) is 32.6 Å². The third-order valence-corrected chi connectivity index (χ3v) is 4.84. The van der Waals surface area contributed by atoms with Gasteiger partial charge in [-0.15, -0.1) is 10.2 Å². The van der Waals surface area contributed by atoms with Crippen LogP contribution in [-0.4, -0.2) is 28.8 Å². The molecular weight excluding hydrogens is 372 g/mol. The summed E-state index contributed by atoms with van der Waals surface area (Å²) in [5.41, 5.74) is 2.91. The van der Waals surface area contributed by atoms with Crippen LogP contribution in [0, 0.1) is 0 Å². The number of aromatic nitrogens is 3. The molecule has 0 amide bonds. The largest absolute Gasteiger partial charge is 0.495 e. The monoisotopic (exact) mass is 390 g/mol. The molecule has 0 saturated heterocycles. The van der Waals surface area contributed by atoms with Crippen molar-refractivity contribution in [3.63, 3.8) is 0 Å². The van der Waals surface area contributed by atoms with Gasteiger partial charge in [0.2, 0.25) is 0 Å². The average molecular weight is 391 g/mol. The van der Waals surface area contributed by atoms with Gasteiger partial charge in [-0.25, -0.2) is 0 Å². The Labute approximate surface area is 168 Å². The molecule has 2 aromatic carbocycles. The zero-order valence-corrected chi connectivity index (χ0v) is 16.1. The van der Waals surface area contributed by atoms with Crippen LogP contribution in [0.4, 0.5) is 5.82 Å². The van der Waals surface area contributed by atoms with Crippen LogP contribution >= 0.6 is 11.6 Å². The van der Waals surface area contributed by atoms with Crippen molar-refractivity contribution in [1.29, 1.82) is 0 Å². The topological polar surface area (TPSA) is 59.9 Å². The molecule has 0 fully saturated rings. The molecule has 0 bridgehead atoms. The number of methoxy groups -OCH3 is 1. The molecule has 0 radical (unpaired) electrons. The van der Waals surface area contributed by atoms with Gasteiger partial charge in [-0.1, -0.05) is 41.9 Å². The first-order valence-corrected chi connectivity index (χ1v) is 9.36. The van der Waals surface area contributed by atoms with Gasteiger partial charge in [-0.3, -0.25) is 4.98 Å². The van der Waals surface area contributed by atoms with E-state index in [9.17, 15) is 0 Å². The fraction of sp³-hybridized carbons (Fsp3) is 0.136. The molecular formula is C22H19ClN4O. The first-order valence-electron chi connectivity index (χ1n) is 8.98. The Bertz CT molecular complexity index is 1100. The maximum absolute atomic E-state index is 6.21. The molecule has 0 aliphatic heterocycles. The van der Waals surface area contributed by atoms with Crippen LogP contribution in [0.25, 0.3) is 22.0 Å². The van der Waals surface area contributed by atoms with Gasteiger partial charge in [0.15, 0.2) is 5.82 Å². The van der Waals surface area contributed by atoms with Gasteiger partial charge in [0.05, 0.1) is 12.1 Å². The SMILES string of the molecule is COc1ccc(CCNc2nnc(-c3cccnc3)c3ccccc23)cc1Cl. The summed E-state index contributed by atoms with van der Waals surface area (Å²) in [6.45, 7) is 0.716. The summed E-state index contributed by atoms with van der Waals surface area (Å²) in [6, 6.07) is 17.8. The lowest BCUT2D eigenvalue weighted by Crippen LogP contribution is -2.08. The normalized spacial score (nSPS) is 10.8. The summed E-state index contributed by atoms with van der Waals surface area (Å²) in [5.74, 6) is 1.45. The number of halogens is 1. The minimum absolute atomic E-state index is 0.617. The molecule has 0 aliphatic carbocycles. The molecule has 4 rings (SSSR count). The van der Waals surface area contributed by atoms with E-state index in [1.54, 1.807) is 19.5 Å². The van der Waals surface area contributed by atoms with E-state index >= 15 is 0 Å². The first-order chi connectivity index (χ1) is 13.8. The van der Waals surface area contributed by atoms with Crippen molar-refractivity contribution < 1.29 is 4.74 Å². The van der Waals surface area contributed by atoms with Gasteiger partial charge in [0.1, 0.15) is 11.4 Å². The zero-order chi connectivity index (χ0) is 19.3. The van der Waals surface area contributed by atoms with Crippen LogP contribution in [0.15, 0.2) is 67.0 Å². The van der Waals surface area contributed by atoms with E-state index in [0.29, 0.717) is 17.3 Å².